The first-order valence-electron chi connectivity index (χ1n) is 8.98. The highest BCUT2D eigenvalue weighted by Crippen LogP contribution is 2.36. The molecule has 1 aliphatic heterocycles. The van der Waals surface area contributed by atoms with Crippen molar-refractivity contribution >= 4 is 17.0 Å². The number of hydrogen-bond donors (Lipinski definition) is 1. The van der Waals surface area contributed by atoms with Crippen molar-refractivity contribution in [1.82, 2.24) is 5.32 Å². The molecule has 138 valence electrons. The van der Waals surface area contributed by atoms with Crippen LogP contribution < -0.4 is 5.32 Å². The van der Waals surface area contributed by atoms with Crippen molar-refractivity contribution in [3.63, 3.8) is 0 Å². The Kier molecular flexibility index (Phi) is 5.04. The molecule has 2 aromatic rings. The first-order valence-corrected chi connectivity index (χ1v) is 9.80. The molecule has 1 N–H and O–H groups in total. The zero-order valence-electron chi connectivity index (χ0n) is 14.5. The third-order valence-corrected chi connectivity index (χ3v) is 6.28. The van der Waals surface area contributed by atoms with Crippen molar-refractivity contribution in [3.05, 3.63) is 51.4 Å². The molecular weight excluding hydrogens is 352 g/mol. The third kappa shape index (κ3) is 3.81. The van der Waals surface area contributed by atoms with E-state index in [2.05, 4.69) is 17.4 Å². The van der Waals surface area contributed by atoms with E-state index in [0.717, 1.165) is 55.9 Å². The number of nitro groups is 1. The normalized spacial score (nSPS) is 19.8. The molecule has 0 bridgehead atoms. The van der Waals surface area contributed by atoms with Crippen molar-refractivity contribution < 1.29 is 14.4 Å². The number of nitrogens with zero attached hydrogens (tertiary/aromatic N) is 1. The summed E-state index contributed by atoms with van der Waals surface area (Å²) in [6, 6.07) is 11.4. The van der Waals surface area contributed by atoms with Crippen molar-refractivity contribution in [2.75, 3.05) is 13.2 Å². The van der Waals surface area contributed by atoms with Crippen molar-refractivity contribution in [2.45, 2.75) is 44.1 Å². The number of non-ortho nitro benzene ring substituents is 1. The highest BCUT2D eigenvalue weighted by atomic mass is 32.1. The maximum atomic E-state index is 10.8. The van der Waals surface area contributed by atoms with Crippen LogP contribution in [0, 0.1) is 10.1 Å². The molecule has 1 aromatic heterocycles. The van der Waals surface area contributed by atoms with E-state index in [1.807, 2.05) is 12.1 Å². The molecule has 6 nitrogen and oxygen atoms in total. The molecule has 7 heteroatoms. The van der Waals surface area contributed by atoms with Crippen LogP contribution in [-0.4, -0.2) is 30.0 Å². The van der Waals surface area contributed by atoms with Crippen LogP contribution >= 0.6 is 11.3 Å². The largest absolute Gasteiger partial charge is 0.348 e. The highest BCUT2D eigenvalue weighted by Gasteiger charge is 2.40. The molecule has 1 aromatic carbocycles. The molecule has 0 atom stereocenters. The van der Waals surface area contributed by atoms with Crippen LogP contribution in [0.15, 0.2) is 36.4 Å². The lowest BCUT2D eigenvalue weighted by atomic mass is 9.90. The second kappa shape index (κ2) is 7.44. The molecule has 0 unspecified atom stereocenters. The summed E-state index contributed by atoms with van der Waals surface area (Å²) in [4.78, 5) is 12.8. The molecule has 2 heterocycles. The first-order chi connectivity index (χ1) is 12.6. The number of thiophene rings is 1. The Morgan fingerprint density at radius 2 is 1.81 bits per heavy atom. The Balaban J connectivity index is 1.30. The summed E-state index contributed by atoms with van der Waals surface area (Å²) in [6.07, 6.45) is 4.06. The molecule has 2 fully saturated rings. The third-order valence-electron chi connectivity index (χ3n) is 5.15. The van der Waals surface area contributed by atoms with Gasteiger partial charge in [-0.3, -0.25) is 10.1 Å². The maximum Gasteiger partial charge on any atom is 0.269 e. The SMILES string of the molecule is O=[N+]([O-])c1ccc(-c2ccc(CNC3CCC4(CC3)OCCO4)s2)cc1. The average molecular weight is 374 g/mol. The number of hydrogen-bond acceptors (Lipinski definition) is 6. The van der Waals surface area contributed by atoms with E-state index in [1.54, 1.807) is 23.5 Å². The number of rotatable bonds is 5. The summed E-state index contributed by atoms with van der Waals surface area (Å²) in [5, 5.41) is 14.4. The first kappa shape index (κ1) is 17.6. The Bertz CT molecular complexity index is 758. The second-order valence-electron chi connectivity index (χ2n) is 6.83. The molecule has 2 aliphatic rings. The van der Waals surface area contributed by atoms with Crippen LogP contribution in [0.5, 0.6) is 0 Å². The van der Waals surface area contributed by atoms with Gasteiger partial charge >= 0.3 is 0 Å². The van der Waals surface area contributed by atoms with Gasteiger partial charge in [0.1, 0.15) is 0 Å². The van der Waals surface area contributed by atoms with E-state index < -0.39 is 0 Å². The molecule has 0 amide bonds. The smallest absolute Gasteiger partial charge is 0.269 e. The lowest BCUT2D eigenvalue weighted by Crippen LogP contribution is -2.41. The number of ether oxygens (including phenoxy) is 2. The minimum atomic E-state index is -0.372. The van der Waals surface area contributed by atoms with E-state index in [4.69, 9.17) is 9.47 Å². The Labute approximate surface area is 156 Å². The summed E-state index contributed by atoms with van der Waals surface area (Å²) in [5.74, 6) is -0.301. The summed E-state index contributed by atoms with van der Waals surface area (Å²) in [7, 11) is 0. The lowest BCUT2D eigenvalue weighted by molar-refractivity contribution is -0.384. The molecule has 4 rings (SSSR count). The second-order valence-corrected chi connectivity index (χ2v) is 8.00. The molecule has 26 heavy (non-hydrogen) atoms. The van der Waals surface area contributed by atoms with Gasteiger partial charge in [0, 0.05) is 47.3 Å². The predicted molar refractivity (Wildman–Crippen MR) is 100 cm³/mol. The van der Waals surface area contributed by atoms with Gasteiger partial charge in [-0.25, -0.2) is 0 Å². The number of benzene rings is 1. The Morgan fingerprint density at radius 1 is 1.12 bits per heavy atom. The van der Waals surface area contributed by atoms with Gasteiger partial charge in [0.25, 0.3) is 5.69 Å². The topological polar surface area (TPSA) is 73.6 Å². The summed E-state index contributed by atoms with van der Waals surface area (Å²) < 4.78 is 11.6. The van der Waals surface area contributed by atoms with Gasteiger partial charge in [-0.05, 0) is 42.7 Å². The standard InChI is InChI=1S/C19H22N2O4S/c22-21(23)16-3-1-14(2-4-16)18-6-5-17(26-18)13-20-15-7-9-19(10-8-15)24-11-12-25-19/h1-6,15,20H,7-13H2. The van der Waals surface area contributed by atoms with Gasteiger partial charge in [0.15, 0.2) is 5.79 Å². The van der Waals surface area contributed by atoms with Crippen LogP contribution in [0.4, 0.5) is 5.69 Å². The molecular formula is C19H22N2O4S. The quantitative estimate of drug-likeness (QED) is 0.630. The monoisotopic (exact) mass is 374 g/mol. The lowest BCUT2D eigenvalue weighted by Gasteiger charge is -2.35. The van der Waals surface area contributed by atoms with Crippen molar-refractivity contribution in [1.29, 1.82) is 0 Å². The minimum Gasteiger partial charge on any atom is -0.348 e. The highest BCUT2D eigenvalue weighted by molar-refractivity contribution is 7.15. The van der Waals surface area contributed by atoms with Crippen LogP contribution in [0.25, 0.3) is 10.4 Å². The minimum absolute atomic E-state index is 0.123. The van der Waals surface area contributed by atoms with Crippen LogP contribution in [0.1, 0.15) is 30.6 Å². The van der Waals surface area contributed by atoms with Crippen molar-refractivity contribution in [3.8, 4) is 10.4 Å². The number of nitro benzene ring substituents is 1. The Hall–Kier alpha value is -1.80. The average Bonchev–Trinajstić information content (AvgIpc) is 3.32. The van der Waals surface area contributed by atoms with E-state index in [-0.39, 0.29) is 16.4 Å². The maximum absolute atomic E-state index is 10.8. The van der Waals surface area contributed by atoms with E-state index >= 15 is 0 Å². The zero-order valence-corrected chi connectivity index (χ0v) is 15.3. The van der Waals surface area contributed by atoms with Gasteiger partial charge in [-0.15, -0.1) is 11.3 Å². The fourth-order valence-electron chi connectivity index (χ4n) is 3.67. The summed E-state index contributed by atoms with van der Waals surface area (Å²) in [5.41, 5.74) is 1.14. The van der Waals surface area contributed by atoms with E-state index in [0.29, 0.717) is 6.04 Å². The van der Waals surface area contributed by atoms with Gasteiger partial charge in [-0.1, -0.05) is 0 Å². The van der Waals surface area contributed by atoms with Gasteiger partial charge in [0.2, 0.25) is 0 Å². The molecule has 1 saturated heterocycles. The molecule has 1 aliphatic carbocycles. The molecule has 0 radical (unpaired) electrons. The fourth-order valence-corrected chi connectivity index (χ4v) is 4.63. The summed E-state index contributed by atoms with van der Waals surface area (Å²) in [6.45, 7) is 2.29. The van der Waals surface area contributed by atoms with Gasteiger partial charge in [0.05, 0.1) is 18.1 Å². The Morgan fingerprint density at radius 3 is 2.46 bits per heavy atom. The molecule has 1 spiro atoms. The fraction of sp³-hybridized carbons (Fsp3) is 0.474. The van der Waals surface area contributed by atoms with E-state index in [1.165, 1.54) is 4.88 Å². The van der Waals surface area contributed by atoms with Gasteiger partial charge in [-0.2, -0.15) is 0 Å². The van der Waals surface area contributed by atoms with Gasteiger partial charge < -0.3 is 14.8 Å². The van der Waals surface area contributed by atoms with E-state index in [9.17, 15) is 10.1 Å². The van der Waals surface area contributed by atoms with Crippen molar-refractivity contribution in [2.24, 2.45) is 0 Å². The van der Waals surface area contributed by atoms with Crippen LogP contribution in [0.2, 0.25) is 0 Å². The summed E-state index contributed by atoms with van der Waals surface area (Å²) >= 11 is 1.73. The van der Waals surface area contributed by atoms with Crippen LogP contribution in [-0.2, 0) is 16.0 Å². The molecule has 1 saturated carbocycles. The number of nitrogens with one attached hydrogen (secondary N) is 1. The van der Waals surface area contributed by atoms with Crippen LogP contribution in [0.3, 0.4) is 0 Å². The zero-order chi connectivity index (χ0) is 18.0. The predicted octanol–water partition coefficient (Wildman–Crippen LogP) is 4.10.